The molecule has 5 heteroatoms. The molecule has 0 bridgehead atoms. The molecule has 0 radical (unpaired) electrons. The number of rotatable bonds is 2. The Labute approximate surface area is 142 Å². The summed E-state index contributed by atoms with van der Waals surface area (Å²) in [6, 6.07) is 14.5. The van der Waals surface area contributed by atoms with Crippen LogP contribution < -0.4 is 10.6 Å². The van der Waals surface area contributed by atoms with Crippen molar-refractivity contribution in [3.63, 3.8) is 0 Å². The van der Waals surface area contributed by atoms with Crippen molar-refractivity contribution in [1.82, 2.24) is 9.55 Å². The first kappa shape index (κ1) is 15.7. The lowest BCUT2D eigenvalue weighted by molar-refractivity contribution is 0.662. The summed E-state index contributed by atoms with van der Waals surface area (Å²) in [4.78, 5) is 7.19. The zero-order chi connectivity index (χ0) is 15.1. The maximum Gasteiger partial charge on any atom is 0.129 e. The third-order valence-corrected chi connectivity index (χ3v) is 4.60. The van der Waals surface area contributed by atoms with Gasteiger partial charge in [0.2, 0.25) is 0 Å². The number of fused-ring (bicyclic) bond motifs is 2. The summed E-state index contributed by atoms with van der Waals surface area (Å²) in [5.41, 5.74) is 11.8. The Balaban J connectivity index is 0.00000156. The summed E-state index contributed by atoms with van der Waals surface area (Å²) >= 11 is 0. The molecule has 0 aliphatic carbocycles. The minimum atomic E-state index is 0. The third-order valence-electron chi connectivity index (χ3n) is 4.60. The van der Waals surface area contributed by atoms with Gasteiger partial charge < -0.3 is 15.2 Å². The van der Waals surface area contributed by atoms with Gasteiger partial charge in [0.1, 0.15) is 5.82 Å². The van der Waals surface area contributed by atoms with Crippen LogP contribution in [0.3, 0.4) is 0 Å². The summed E-state index contributed by atoms with van der Waals surface area (Å²) in [5.74, 6) is 1.09. The number of aromatic nitrogens is 2. The van der Waals surface area contributed by atoms with Crippen LogP contribution in [0.15, 0.2) is 42.5 Å². The number of hydrogen-bond donors (Lipinski definition) is 1. The minimum Gasteiger partial charge on any atom is -0.398 e. The normalized spacial score (nSPS) is 13.7. The second-order valence-electron chi connectivity index (χ2n) is 5.95. The predicted octanol–water partition coefficient (Wildman–Crippen LogP) is 3.53. The first-order valence-electron chi connectivity index (χ1n) is 7.76. The van der Waals surface area contributed by atoms with Crippen LogP contribution in [0.4, 0.5) is 11.4 Å². The standard InChI is InChI=1S/C18H20N4.ClH/c1-21-17-9-3-2-8-15(17)20-18(21)12-22-11-5-6-13-14(19)7-4-10-16(13)22;/h2-4,7-10H,5-6,11-12,19H2,1H3;1H. The number of benzene rings is 2. The zero-order valence-electron chi connectivity index (χ0n) is 13.2. The van der Waals surface area contributed by atoms with E-state index in [1.165, 1.54) is 16.8 Å². The minimum absolute atomic E-state index is 0. The summed E-state index contributed by atoms with van der Waals surface area (Å²) in [6.07, 6.45) is 2.21. The molecule has 0 amide bonds. The molecule has 0 saturated carbocycles. The zero-order valence-corrected chi connectivity index (χ0v) is 14.0. The largest absolute Gasteiger partial charge is 0.398 e. The Morgan fingerprint density at radius 2 is 1.96 bits per heavy atom. The van der Waals surface area contributed by atoms with E-state index in [1.54, 1.807) is 0 Å². The van der Waals surface area contributed by atoms with E-state index in [0.29, 0.717) is 0 Å². The van der Waals surface area contributed by atoms with E-state index in [-0.39, 0.29) is 12.4 Å². The summed E-state index contributed by atoms with van der Waals surface area (Å²) in [6.45, 7) is 1.88. The van der Waals surface area contributed by atoms with Crippen molar-refractivity contribution in [2.24, 2.45) is 7.05 Å². The van der Waals surface area contributed by atoms with Crippen molar-refractivity contribution < 1.29 is 0 Å². The number of aryl methyl sites for hydroxylation is 1. The Kier molecular flexibility index (Phi) is 4.18. The first-order valence-corrected chi connectivity index (χ1v) is 7.76. The number of imidazole rings is 1. The van der Waals surface area contributed by atoms with Crippen molar-refractivity contribution in [2.45, 2.75) is 19.4 Å². The molecule has 2 heterocycles. The molecule has 0 atom stereocenters. The van der Waals surface area contributed by atoms with Crippen LogP contribution in [-0.2, 0) is 20.0 Å². The summed E-state index contributed by atoms with van der Waals surface area (Å²) in [7, 11) is 2.09. The SMILES string of the molecule is Cl.Cn1c(CN2CCCc3c(N)cccc32)nc2ccccc21. The Morgan fingerprint density at radius 3 is 2.78 bits per heavy atom. The molecule has 0 saturated heterocycles. The summed E-state index contributed by atoms with van der Waals surface area (Å²) < 4.78 is 2.19. The molecule has 0 unspecified atom stereocenters. The van der Waals surface area contributed by atoms with E-state index in [1.807, 2.05) is 18.2 Å². The lowest BCUT2D eigenvalue weighted by Gasteiger charge is -2.31. The number of halogens is 1. The predicted molar refractivity (Wildman–Crippen MR) is 98.2 cm³/mol. The second kappa shape index (κ2) is 6.13. The van der Waals surface area contributed by atoms with Gasteiger partial charge in [0, 0.05) is 25.0 Å². The van der Waals surface area contributed by atoms with E-state index >= 15 is 0 Å². The molecule has 0 fully saturated rings. The van der Waals surface area contributed by atoms with Gasteiger partial charge in [-0.05, 0) is 42.7 Å². The van der Waals surface area contributed by atoms with Crippen LogP contribution in [0.1, 0.15) is 17.8 Å². The molecule has 1 aliphatic heterocycles. The molecule has 1 aliphatic rings. The van der Waals surface area contributed by atoms with Crippen molar-refractivity contribution in [2.75, 3.05) is 17.2 Å². The summed E-state index contributed by atoms with van der Waals surface area (Å²) in [5, 5.41) is 0. The van der Waals surface area contributed by atoms with Crippen LogP contribution in [-0.4, -0.2) is 16.1 Å². The maximum absolute atomic E-state index is 6.14. The molecule has 4 nitrogen and oxygen atoms in total. The average molecular weight is 329 g/mol. The number of hydrogen-bond acceptors (Lipinski definition) is 3. The van der Waals surface area contributed by atoms with E-state index in [0.717, 1.165) is 43.0 Å². The molecule has 4 rings (SSSR count). The van der Waals surface area contributed by atoms with Gasteiger partial charge in [-0.15, -0.1) is 12.4 Å². The van der Waals surface area contributed by atoms with Gasteiger partial charge in [0.25, 0.3) is 0 Å². The average Bonchev–Trinajstić information content (AvgIpc) is 2.85. The fourth-order valence-corrected chi connectivity index (χ4v) is 3.40. The highest BCUT2D eigenvalue weighted by Gasteiger charge is 2.20. The highest BCUT2D eigenvalue weighted by molar-refractivity contribution is 5.85. The van der Waals surface area contributed by atoms with Gasteiger partial charge in [-0.3, -0.25) is 0 Å². The van der Waals surface area contributed by atoms with Crippen molar-refractivity contribution in [3.05, 3.63) is 53.9 Å². The van der Waals surface area contributed by atoms with Crippen LogP contribution in [0, 0.1) is 0 Å². The highest BCUT2D eigenvalue weighted by atomic mass is 35.5. The number of nitrogens with zero attached hydrogens (tertiary/aromatic N) is 3. The van der Waals surface area contributed by atoms with Crippen LogP contribution in [0.2, 0.25) is 0 Å². The Morgan fingerprint density at radius 1 is 1.13 bits per heavy atom. The van der Waals surface area contributed by atoms with Crippen molar-refractivity contribution in [1.29, 1.82) is 0 Å². The Hall–Kier alpha value is -2.20. The van der Waals surface area contributed by atoms with E-state index in [4.69, 9.17) is 10.7 Å². The van der Waals surface area contributed by atoms with Crippen LogP contribution >= 0.6 is 12.4 Å². The lowest BCUT2D eigenvalue weighted by atomic mass is 10.00. The number of nitrogen functional groups attached to an aromatic ring is 1. The fraction of sp³-hybridized carbons (Fsp3) is 0.278. The number of para-hydroxylation sites is 2. The van der Waals surface area contributed by atoms with Gasteiger partial charge in [-0.25, -0.2) is 4.98 Å². The first-order chi connectivity index (χ1) is 10.7. The molecular formula is C18H21ClN4. The van der Waals surface area contributed by atoms with Crippen molar-refractivity contribution in [3.8, 4) is 0 Å². The molecule has 2 aromatic carbocycles. The van der Waals surface area contributed by atoms with E-state index in [2.05, 4.69) is 40.8 Å². The third kappa shape index (κ3) is 2.63. The molecule has 23 heavy (non-hydrogen) atoms. The van der Waals surface area contributed by atoms with E-state index in [9.17, 15) is 0 Å². The van der Waals surface area contributed by atoms with Crippen LogP contribution in [0.5, 0.6) is 0 Å². The van der Waals surface area contributed by atoms with Gasteiger partial charge in [-0.1, -0.05) is 18.2 Å². The number of nitrogens with two attached hydrogens (primary N) is 1. The molecule has 1 aromatic heterocycles. The quantitative estimate of drug-likeness (QED) is 0.732. The molecular weight excluding hydrogens is 308 g/mol. The van der Waals surface area contributed by atoms with Gasteiger partial charge in [0.05, 0.1) is 17.6 Å². The van der Waals surface area contributed by atoms with Crippen LogP contribution in [0.25, 0.3) is 11.0 Å². The van der Waals surface area contributed by atoms with Gasteiger partial charge >= 0.3 is 0 Å². The fourth-order valence-electron chi connectivity index (χ4n) is 3.40. The van der Waals surface area contributed by atoms with Crippen molar-refractivity contribution >= 4 is 34.8 Å². The van der Waals surface area contributed by atoms with Gasteiger partial charge in [0.15, 0.2) is 0 Å². The number of anilines is 2. The monoisotopic (exact) mass is 328 g/mol. The molecule has 0 spiro atoms. The lowest BCUT2D eigenvalue weighted by Crippen LogP contribution is -2.30. The van der Waals surface area contributed by atoms with E-state index < -0.39 is 0 Å². The second-order valence-corrected chi connectivity index (χ2v) is 5.95. The highest BCUT2D eigenvalue weighted by Crippen LogP contribution is 2.32. The van der Waals surface area contributed by atoms with Gasteiger partial charge in [-0.2, -0.15) is 0 Å². The molecule has 120 valence electrons. The molecule has 2 N–H and O–H groups in total. The smallest absolute Gasteiger partial charge is 0.129 e. The maximum atomic E-state index is 6.14. The topological polar surface area (TPSA) is 47.1 Å². The molecule has 3 aromatic rings. The Bertz CT molecular complexity index is 840.